The zero-order valence-corrected chi connectivity index (χ0v) is 18.8. The lowest BCUT2D eigenvalue weighted by molar-refractivity contribution is -0.116. The summed E-state index contributed by atoms with van der Waals surface area (Å²) in [5, 5.41) is 5.64. The number of anilines is 2. The van der Waals surface area contributed by atoms with Gasteiger partial charge in [0.1, 0.15) is 0 Å². The molecule has 0 fully saturated rings. The molecular weight excluding hydrogens is 438 g/mol. The second-order valence-corrected chi connectivity index (χ2v) is 9.65. The van der Waals surface area contributed by atoms with Crippen LogP contribution in [0.1, 0.15) is 34.3 Å². The van der Waals surface area contributed by atoms with E-state index in [0.717, 1.165) is 29.7 Å². The van der Waals surface area contributed by atoms with E-state index in [1.165, 1.54) is 12.1 Å². The molecule has 0 aliphatic carbocycles. The lowest BCUT2D eigenvalue weighted by Gasteiger charge is -2.11. The number of nitrogens with one attached hydrogen (secondary N) is 3. The number of fused-ring (bicyclic) bond motifs is 1. The van der Waals surface area contributed by atoms with Crippen LogP contribution in [0.3, 0.4) is 0 Å². The third-order valence-corrected chi connectivity index (χ3v) is 6.94. The van der Waals surface area contributed by atoms with E-state index in [-0.39, 0.29) is 16.7 Å². The van der Waals surface area contributed by atoms with Crippen molar-refractivity contribution in [3.63, 3.8) is 0 Å². The van der Waals surface area contributed by atoms with Crippen LogP contribution in [0.2, 0.25) is 0 Å². The van der Waals surface area contributed by atoms with Crippen molar-refractivity contribution >= 4 is 33.2 Å². The Morgan fingerprint density at radius 2 is 1.70 bits per heavy atom. The molecule has 0 unspecified atom stereocenters. The highest BCUT2D eigenvalue weighted by Crippen LogP contribution is 2.24. The van der Waals surface area contributed by atoms with E-state index in [2.05, 4.69) is 15.4 Å². The average Bonchev–Trinajstić information content (AvgIpc) is 3.00. The van der Waals surface area contributed by atoms with Gasteiger partial charge < -0.3 is 10.6 Å². The number of hydrogen-bond donors (Lipinski definition) is 3. The molecule has 0 aromatic heterocycles. The average molecular weight is 464 g/mol. The van der Waals surface area contributed by atoms with Gasteiger partial charge in [-0.3, -0.25) is 9.59 Å². The van der Waals surface area contributed by atoms with Crippen molar-refractivity contribution in [1.82, 2.24) is 4.72 Å². The Kier molecular flexibility index (Phi) is 6.86. The summed E-state index contributed by atoms with van der Waals surface area (Å²) in [6.07, 6.45) is 2.52. The van der Waals surface area contributed by atoms with Crippen molar-refractivity contribution in [2.75, 3.05) is 17.2 Å². The number of hydrogen-bond acceptors (Lipinski definition) is 4. The topological polar surface area (TPSA) is 104 Å². The van der Waals surface area contributed by atoms with E-state index in [0.29, 0.717) is 30.6 Å². The zero-order chi connectivity index (χ0) is 23.3. The maximum absolute atomic E-state index is 12.7. The molecule has 0 spiro atoms. The normalized spacial score (nSPS) is 13.5. The number of amides is 2. The first-order valence-electron chi connectivity index (χ1n) is 10.8. The molecule has 1 heterocycles. The largest absolute Gasteiger partial charge is 0.326 e. The van der Waals surface area contributed by atoms with Gasteiger partial charge in [-0.25, -0.2) is 13.1 Å². The van der Waals surface area contributed by atoms with Gasteiger partial charge in [0.25, 0.3) is 5.91 Å². The smallest absolute Gasteiger partial charge is 0.255 e. The van der Waals surface area contributed by atoms with Crippen molar-refractivity contribution in [2.24, 2.45) is 0 Å². The molecule has 0 radical (unpaired) electrons. The summed E-state index contributed by atoms with van der Waals surface area (Å²) in [6.45, 7) is 0.295. The van der Waals surface area contributed by atoms with Crippen molar-refractivity contribution in [3.05, 3.63) is 89.5 Å². The lowest BCUT2D eigenvalue weighted by atomic mass is 10.0. The molecule has 0 saturated carbocycles. The molecule has 0 atom stereocenters. The van der Waals surface area contributed by atoms with Crippen molar-refractivity contribution in [2.45, 2.75) is 30.6 Å². The predicted octanol–water partition coefficient (Wildman–Crippen LogP) is 3.73. The summed E-state index contributed by atoms with van der Waals surface area (Å²) in [7, 11) is -3.64. The molecule has 0 saturated heterocycles. The third-order valence-electron chi connectivity index (χ3n) is 5.46. The van der Waals surface area contributed by atoms with Crippen molar-refractivity contribution in [1.29, 1.82) is 0 Å². The van der Waals surface area contributed by atoms with E-state index in [1.807, 2.05) is 30.3 Å². The molecule has 7 nitrogen and oxygen atoms in total. The molecule has 3 aromatic carbocycles. The zero-order valence-electron chi connectivity index (χ0n) is 18.0. The van der Waals surface area contributed by atoms with Gasteiger partial charge in [-0.15, -0.1) is 0 Å². The number of aryl methyl sites for hydroxylation is 1. The quantitative estimate of drug-likeness (QED) is 0.497. The fourth-order valence-electron chi connectivity index (χ4n) is 3.69. The van der Waals surface area contributed by atoms with Crippen LogP contribution in [-0.4, -0.2) is 26.8 Å². The Balaban J connectivity index is 1.37. The summed E-state index contributed by atoms with van der Waals surface area (Å²) < 4.78 is 27.7. The second-order valence-electron chi connectivity index (χ2n) is 7.89. The number of rotatable bonds is 7. The predicted molar refractivity (Wildman–Crippen MR) is 128 cm³/mol. The van der Waals surface area contributed by atoms with Crippen LogP contribution in [0.5, 0.6) is 0 Å². The SMILES string of the molecule is O=C1CCCc2cc(C(=O)Nc3ccc(S(=O)(=O)NCCc4ccccc4)cc3)ccc2N1. The number of carbonyl (C=O) groups is 2. The minimum absolute atomic E-state index is 0.0180. The molecule has 170 valence electrons. The highest BCUT2D eigenvalue weighted by atomic mass is 32.2. The molecule has 3 N–H and O–H groups in total. The number of sulfonamides is 1. The molecule has 4 rings (SSSR count). The van der Waals surface area contributed by atoms with Crippen LogP contribution >= 0.6 is 0 Å². The number of benzene rings is 3. The fraction of sp³-hybridized carbons (Fsp3) is 0.200. The summed E-state index contributed by atoms with van der Waals surface area (Å²) in [5.41, 5.74) is 3.69. The van der Waals surface area contributed by atoms with E-state index < -0.39 is 10.0 Å². The van der Waals surface area contributed by atoms with Gasteiger partial charge in [-0.2, -0.15) is 0 Å². The van der Waals surface area contributed by atoms with Crippen LogP contribution in [0.15, 0.2) is 77.7 Å². The van der Waals surface area contributed by atoms with Gasteiger partial charge in [0.05, 0.1) is 4.90 Å². The molecular formula is C25H25N3O4S. The highest BCUT2D eigenvalue weighted by Gasteiger charge is 2.16. The summed E-state index contributed by atoms with van der Waals surface area (Å²) in [5.74, 6) is -0.319. The Morgan fingerprint density at radius 1 is 0.939 bits per heavy atom. The highest BCUT2D eigenvalue weighted by molar-refractivity contribution is 7.89. The molecule has 33 heavy (non-hydrogen) atoms. The summed E-state index contributed by atoms with van der Waals surface area (Å²) in [6, 6.07) is 20.9. The van der Waals surface area contributed by atoms with Gasteiger partial charge in [-0.05, 0) is 72.9 Å². The Labute approximate surface area is 193 Å². The summed E-state index contributed by atoms with van der Waals surface area (Å²) >= 11 is 0. The van der Waals surface area contributed by atoms with Crippen LogP contribution in [0, 0.1) is 0 Å². The molecule has 3 aromatic rings. The van der Waals surface area contributed by atoms with Gasteiger partial charge in [0.15, 0.2) is 0 Å². The van der Waals surface area contributed by atoms with Crippen LogP contribution in [-0.2, 0) is 27.7 Å². The fourth-order valence-corrected chi connectivity index (χ4v) is 4.73. The van der Waals surface area contributed by atoms with E-state index in [9.17, 15) is 18.0 Å². The Hall–Kier alpha value is -3.49. The Morgan fingerprint density at radius 3 is 2.45 bits per heavy atom. The van der Waals surface area contributed by atoms with Gasteiger partial charge in [0, 0.05) is 29.9 Å². The van der Waals surface area contributed by atoms with Gasteiger partial charge in [0.2, 0.25) is 15.9 Å². The lowest BCUT2D eigenvalue weighted by Crippen LogP contribution is -2.26. The first-order chi connectivity index (χ1) is 15.9. The molecule has 1 aliphatic rings. The van der Waals surface area contributed by atoms with Gasteiger partial charge in [-0.1, -0.05) is 30.3 Å². The van der Waals surface area contributed by atoms with Crippen LogP contribution in [0.4, 0.5) is 11.4 Å². The first kappa shape index (κ1) is 22.7. The van der Waals surface area contributed by atoms with E-state index in [4.69, 9.17) is 0 Å². The van der Waals surface area contributed by atoms with Gasteiger partial charge >= 0.3 is 0 Å². The standard InChI is InChI=1S/C25H25N3O4S/c29-24-8-4-7-19-17-20(9-14-23(19)28-24)25(30)27-21-10-12-22(13-11-21)33(31,32)26-16-15-18-5-2-1-3-6-18/h1-3,5-6,9-14,17,26H,4,7-8,15-16H2,(H,27,30)(H,28,29). The van der Waals surface area contributed by atoms with Crippen LogP contribution in [0.25, 0.3) is 0 Å². The first-order valence-corrected chi connectivity index (χ1v) is 12.3. The Bertz CT molecular complexity index is 1260. The minimum atomic E-state index is -3.64. The maximum Gasteiger partial charge on any atom is 0.255 e. The van der Waals surface area contributed by atoms with E-state index >= 15 is 0 Å². The number of carbonyl (C=O) groups excluding carboxylic acids is 2. The molecule has 8 heteroatoms. The minimum Gasteiger partial charge on any atom is -0.326 e. The van der Waals surface area contributed by atoms with Crippen LogP contribution < -0.4 is 15.4 Å². The molecule has 2 amide bonds. The monoisotopic (exact) mass is 463 g/mol. The molecule has 1 aliphatic heterocycles. The molecule has 0 bridgehead atoms. The van der Waals surface area contributed by atoms with E-state index in [1.54, 1.807) is 30.3 Å². The third kappa shape index (κ3) is 5.85. The maximum atomic E-state index is 12.7. The van der Waals surface area contributed by atoms with Crippen molar-refractivity contribution < 1.29 is 18.0 Å². The second kappa shape index (κ2) is 9.97. The summed E-state index contributed by atoms with van der Waals surface area (Å²) in [4.78, 5) is 24.5. The van der Waals surface area contributed by atoms with Crippen molar-refractivity contribution in [3.8, 4) is 0 Å².